The summed E-state index contributed by atoms with van der Waals surface area (Å²) in [6.07, 6.45) is 2.73. The number of quaternary nitrogens is 1. The number of hydrogen-bond donors (Lipinski definition) is 1. The van der Waals surface area contributed by atoms with Gasteiger partial charge in [0, 0.05) is 0 Å². The van der Waals surface area contributed by atoms with E-state index in [4.69, 9.17) is 9.47 Å². The number of ether oxygens (including phenoxy) is 2. The number of aliphatic hydroxyl groups excluding tert-OH is 1. The molecule has 0 saturated heterocycles. The summed E-state index contributed by atoms with van der Waals surface area (Å²) in [5.41, 5.74) is 2.00. The van der Waals surface area contributed by atoms with Crippen LogP contribution in [0.25, 0.3) is 0 Å². The summed E-state index contributed by atoms with van der Waals surface area (Å²) >= 11 is 2.94. The predicted octanol–water partition coefficient (Wildman–Crippen LogP) is 4.59. The van der Waals surface area contributed by atoms with Gasteiger partial charge in [0.2, 0.25) is 5.60 Å². The van der Waals surface area contributed by atoms with Gasteiger partial charge in [-0.3, -0.25) is 0 Å². The lowest BCUT2D eigenvalue weighted by molar-refractivity contribution is -0.870. The summed E-state index contributed by atoms with van der Waals surface area (Å²) < 4.78 is 12.6. The van der Waals surface area contributed by atoms with Crippen LogP contribution in [-0.2, 0) is 14.3 Å². The van der Waals surface area contributed by atoms with Crippen LogP contribution in [0.4, 0.5) is 0 Å². The van der Waals surface area contributed by atoms with Gasteiger partial charge in [-0.25, -0.2) is 4.79 Å². The Morgan fingerprint density at radius 1 is 1.32 bits per heavy atom. The van der Waals surface area contributed by atoms with Crippen molar-refractivity contribution >= 4 is 21.9 Å². The number of allylic oxidation sites excluding steroid dienone is 2. The average molecular weight is 463 g/mol. The quantitative estimate of drug-likeness (QED) is 0.341. The molecule has 28 heavy (non-hydrogen) atoms. The molecule has 1 rings (SSSR count). The standard InChI is InChI=1S/C21H38NO4.CH3Br/c1-9-18-11-10-12-21(5,20(24)25-14-13-22(6,7)8)26-19(18)16(3)15(2)17(4)23;1-2/h17,23H,9-14H2,1-8H3;1H3/q+1;/b16-15-;. The second kappa shape index (κ2) is 12.0. The molecule has 2 unspecified atom stereocenters. The number of hydrogen-bond acceptors (Lipinski definition) is 4. The van der Waals surface area contributed by atoms with Gasteiger partial charge in [-0.05, 0) is 75.9 Å². The third-order valence-corrected chi connectivity index (χ3v) is 5.19. The Balaban J connectivity index is 0.00000352. The highest BCUT2D eigenvalue weighted by atomic mass is 79.9. The lowest BCUT2D eigenvalue weighted by atomic mass is 9.97. The van der Waals surface area contributed by atoms with Crippen molar-refractivity contribution in [3.63, 3.8) is 0 Å². The van der Waals surface area contributed by atoms with Gasteiger partial charge in [-0.2, -0.15) is 0 Å². The Morgan fingerprint density at radius 3 is 2.36 bits per heavy atom. The molecule has 6 heteroatoms. The molecule has 0 spiro atoms. The monoisotopic (exact) mass is 462 g/mol. The second-order valence-electron chi connectivity index (χ2n) is 8.61. The first kappa shape index (κ1) is 27.1. The fourth-order valence-electron chi connectivity index (χ4n) is 2.98. The van der Waals surface area contributed by atoms with E-state index in [1.54, 1.807) is 6.92 Å². The van der Waals surface area contributed by atoms with Gasteiger partial charge < -0.3 is 19.1 Å². The van der Waals surface area contributed by atoms with Crippen LogP contribution in [0.5, 0.6) is 0 Å². The molecule has 0 aromatic heterocycles. The smallest absolute Gasteiger partial charge is 0.350 e. The normalized spacial score (nSPS) is 22.2. The first-order valence-corrected chi connectivity index (χ1v) is 11.6. The predicted molar refractivity (Wildman–Crippen MR) is 119 cm³/mol. The van der Waals surface area contributed by atoms with Crippen molar-refractivity contribution < 1.29 is 23.9 Å². The zero-order valence-electron chi connectivity index (χ0n) is 19.3. The number of carbonyl (C=O) groups excluding carboxylic acids is 1. The van der Waals surface area contributed by atoms with Crippen molar-refractivity contribution in [1.82, 2.24) is 0 Å². The molecule has 0 saturated carbocycles. The number of likely N-dealkylation sites (N-methyl/N-ethyl adjacent to an activating group) is 1. The Labute approximate surface area is 180 Å². The van der Waals surface area contributed by atoms with Gasteiger partial charge in [0.25, 0.3) is 0 Å². The van der Waals surface area contributed by atoms with Gasteiger partial charge >= 0.3 is 5.97 Å². The maximum atomic E-state index is 12.8. The van der Waals surface area contributed by atoms with E-state index in [-0.39, 0.29) is 5.97 Å². The number of nitrogens with zero attached hydrogens (tertiary/aromatic N) is 1. The highest BCUT2D eigenvalue weighted by Gasteiger charge is 2.40. The third-order valence-electron chi connectivity index (χ3n) is 5.19. The van der Waals surface area contributed by atoms with E-state index in [1.165, 1.54) is 5.57 Å². The molecule has 0 aromatic carbocycles. The number of halogens is 1. The Bertz CT molecular complexity index is 576. The number of aliphatic hydroxyl groups is 1. The minimum absolute atomic E-state index is 0.302. The Hall–Kier alpha value is -0.850. The van der Waals surface area contributed by atoms with Crippen molar-refractivity contribution in [2.24, 2.45) is 0 Å². The first-order chi connectivity index (χ1) is 12.9. The number of esters is 1. The SMILES string of the molecule is CBr.CCC1=C(/C(C)=C(/C)C(C)O)OC(C)(C(=O)OCC[N+](C)(C)C)CCC1. The second-order valence-corrected chi connectivity index (χ2v) is 8.61. The molecule has 1 aliphatic rings. The molecule has 0 aliphatic carbocycles. The average Bonchev–Trinajstić information content (AvgIpc) is 2.80. The van der Waals surface area contributed by atoms with Gasteiger partial charge in [-0.1, -0.05) is 22.9 Å². The molecule has 0 fully saturated rings. The molecule has 5 nitrogen and oxygen atoms in total. The molecule has 1 aliphatic heterocycles. The zero-order valence-corrected chi connectivity index (χ0v) is 20.9. The molecule has 1 N–H and O–H groups in total. The van der Waals surface area contributed by atoms with E-state index in [2.05, 4.69) is 44.0 Å². The molecular formula is C22H41BrNO4+. The molecule has 164 valence electrons. The van der Waals surface area contributed by atoms with Gasteiger partial charge in [0.05, 0.1) is 27.2 Å². The molecule has 1 heterocycles. The number of alkyl halides is 1. The van der Waals surface area contributed by atoms with Crippen LogP contribution < -0.4 is 0 Å². The molecule has 0 bridgehead atoms. The van der Waals surface area contributed by atoms with E-state index in [1.807, 2.05) is 26.6 Å². The first-order valence-electron chi connectivity index (χ1n) is 10.0. The Kier molecular flexibility index (Phi) is 11.6. The Morgan fingerprint density at radius 2 is 1.89 bits per heavy atom. The molecular weight excluding hydrogens is 422 g/mol. The van der Waals surface area contributed by atoms with Crippen molar-refractivity contribution in [2.45, 2.75) is 72.0 Å². The van der Waals surface area contributed by atoms with Gasteiger partial charge in [0.15, 0.2) is 0 Å². The lowest BCUT2D eigenvalue weighted by Crippen LogP contribution is -2.43. The summed E-state index contributed by atoms with van der Waals surface area (Å²) in [5.74, 6) is 2.27. The van der Waals surface area contributed by atoms with E-state index in [0.717, 1.165) is 47.2 Å². The van der Waals surface area contributed by atoms with E-state index < -0.39 is 11.7 Å². The van der Waals surface area contributed by atoms with E-state index in [0.29, 0.717) is 13.0 Å². The van der Waals surface area contributed by atoms with Crippen LogP contribution in [0, 0.1) is 0 Å². The summed E-state index contributed by atoms with van der Waals surface area (Å²) in [6, 6.07) is 0. The largest absolute Gasteiger partial charge is 0.476 e. The van der Waals surface area contributed by atoms with E-state index >= 15 is 0 Å². The minimum Gasteiger partial charge on any atom is -0.476 e. The molecule has 0 radical (unpaired) electrons. The summed E-state index contributed by atoms with van der Waals surface area (Å²) in [6.45, 7) is 10.7. The van der Waals surface area contributed by atoms with Crippen LogP contribution in [0.2, 0.25) is 0 Å². The maximum absolute atomic E-state index is 12.8. The minimum atomic E-state index is -0.989. The summed E-state index contributed by atoms with van der Waals surface area (Å²) in [4.78, 5) is 12.8. The van der Waals surface area contributed by atoms with Crippen LogP contribution in [0.15, 0.2) is 22.5 Å². The highest BCUT2D eigenvalue weighted by molar-refractivity contribution is 9.08. The molecule has 0 amide bonds. The zero-order chi connectivity index (χ0) is 22.1. The van der Waals surface area contributed by atoms with Crippen LogP contribution in [0.1, 0.15) is 60.3 Å². The topological polar surface area (TPSA) is 55.8 Å². The maximum Gasteiger partial charge on any atom is 0.350 e. The molecule has 0 aromatic rings. The van der Waals surface area contributed by atoms with Crippen molar-refractivity contribution in [2.75, 3.05) is 40.1 Å². The van der Waals surface area contributed by atoms with Crippen molar-refractivity contribution in [3.8, 4) is 0 Å². The summed E-state index contributed by atoms with van der Waals surface area (Å²) in [5, 5.41) is 9.95. The van der Waals surface area contributed by atoms with Crippen molar-refractivity contribution in [3.05, 3.63) is 22.5 Å². The van der Waals surface area contributed by atoms with E-state index in [9.17, 15) is 9.90 Å². The number of carbonyl (C=O) groups is 1. The summed E-state index contributed by atoms with van der Waals surface area (Å²) in [7, 11) is 6.21. The number of rotatable bonds is 7. The van der Waals surface area contributed by atoms with Crippen LogP contribution >= 0.6 is 15.9 Å². The van der Waals surface area contributed by atoms with Gasteiger partial charge in [0.1, 0.15) is 18.9 Å². The lowest BCUT2D eigenvalue weighted by Gasteiger charge is -2.30. The third kappa shape index (κ3) is 8.26. The van der Waals surface area contributed by atoms with Crippen LogP contribution in [0.3, 0.4) is 0 Å². The highest BCUT2D eigenvalue weighted by Crippen LogP contribution is 2.36. The van der Waals surface area contributed by atoms with Crippen LogP contribution in [-0.4, -0.2) is 67.4 Å². The van der Waals surface area contributed by atoms with Gasteiger partial charge in [-0.15, -0.1) is 0 Å². The van der Waals surface area contributed by atoms with Crippen molar-refractivity contribution in [1.29, 1.82) is 0 Å². The fraction of sp³-hybridized carbons (Fsp3) is 0.773. The molecule has 2 atom stereocenters. The fourth-order valence-corrected chi connectivity index (χ4v) is 2.98.